The molecule has 1 aromatic rings. The molecule has 0 fully saturated rings. The summed E-state index contributed by atoms with van der Waals surface area (Å²) < 4.78 is 40.3. The molecule has 0 aliphatic carbocycles. The second-order valence-corrected chi connectivity index (χ2v) is 4.66. The van der Waals surface area contributed by atoms with Gasteiger partial charge in [-0.25, -0.2) is 4.79 Å². The Labute approximate surface area is 156 Å². The molecule has 98 valence electrons. The molecule has 0 N–H and O–H groups in total. The zero-order chi connectivity index (χ0) is 13.7. The fourth-order valence-electron chi connectivity index (χ4n) is 0.686. The Morgan fingerprint density at radius 1 is 1.26 bits per heavy atom. The Balaban J connectivity index is -0.000000320. The van der Waals surface area contributed by atoms with Crippen molar-refractivity contribution < 1.29 is 86.2 Å². The summed E-state index contributed by atoms with van der Waals surface area (Å²) in [6.07, 6.45) is 2.63. The SMILES string of the molecule is CC(C)(C)OC(=O)n1cccn1.O=S(=O)([O-])[O-].[Na+].[Na+]. The fourth-order valence-corrected chi connectivity index (χ4v) is 0.686. The van der Waals surface area contributed by atoms with E-state index in [-0.39, 0.29) is 59.1 Å². The van der Waals surface area contributed by atoms with Gasteiger partial charge in [0.15, 0.2) is 0 Å². The standard InChI is InChI=1S/C8H12N2O2.2Na.H2O4S/c1-8(2,3)12-7(11)10-6-4-5-9-10;;;1-5(2,3)4/h4-6H,1-3H3;;;(H2,1,2,3,4)/q;2*+1;/p-2. The third kappa shape index (κ3) is 18.5. The van der Waals surface area contributed by atoms with Gasteiger partial charge in [-0.15, -0.1) is 0 Å². The van der Waals surface area contributed by atoms with Crippen LogP contribution in [0.5, 0.6) is 0 Å². The van der Waals surface area contributed by atoms with Crippen molar-refractivity contribution in [1.82, 2.24) is 9.78 Å². The first-order valence-corrected chi connectivity index (χ1v) is 5.72. The van der Waals surface area contributed by atoms with Crippen molar-refractivity contribution in [3.05, 3.63) is 18.5 Å². The van der Waals surface area contributed by atoms with E-state index in [1.54, 1.807) is 12.3 Å². The van der Waals surface area contributed by atoms with E-state index in [0.29, 0.717) is 0 Å². The van der Waals surface area contributed by atoms with Crippen molar-refractivity contribution in [2.45, 2.75) is 26.4 Å². The summed E-state index contributed by atoms with van der Waals surface area (Å²) in [5.41, 5.74) is -0.469. The smallest absolute Gasteiger partial charge is 0.759 e. The van der Waals surface area contributed by atoms with Gasteiger partial charge in [0.05, 0.1) is 0 Å². The van der Waals surface area contributed by atoms with Crippen LogP contribution in [0, 0.1) is 0 Å². The fraction of sp³-hybridized carbons (Fsp3) is 0.500. The maximum Gasteiger partial charge on any atom is 1.00 e. The Morgan fingerprint density at radius 3 is 1.95 bits per heavy atom. The molecule has 0 amide bonds. The number of carbonyl (C=O) groups is 1. The van der Waals surface area contributed by atoms with Crippen LogP contribution in [0.25, 0.3) is 0 Å². The van der Waals surface area contributed by atoms with E-state index in [1.807, 2.05) is 20.8 Å². The molecule has 0 spiro atoms. The average Bonchev–Trinajstić information content (AvgIpc) is 2.47. The molecule has 0 bridgehead atoms. The first kappa shape index (κ1) is 24.6. The Kier molecular flexibility index (Phi) is 13.3. The third-order valence-corrected chi connectivity index (χ3v) is 1.08. The van der Waals surface area contributed by atoms with Gasteiger partial charge in [0.25, 0.3) is 0 Å². The van der Waals surface area contributed by atoms with Crippen molar-refractivity contribution >= 4 is 16.5 Å². The van der Waals surface area contributed by atoms with Crippen LogP contribution in [0.1, 0.15) is 20.8 Å². The van der Waals surface area contributed by atoms with E-state index in [0.717, 1.165) is 4.68 Å². The predicted octanol–water partition coefficient (Wildman–Crippen LogP) is -5.66. The first-order chi connectivity index (χ1) is 7.49. The molecule has 0 aromatic carbocycles. The summed E-state index contributed by atoms with van der Waals surface area (Å²) in [5, 5.41) is 3.74. The Hall–Kier alpha value is 0.550. The maximum atomic E-state index is 11.2. The van der Waals surface area contributed by atoms with Gasteiger partial charge in [0.2, 0.25) is 0 Å². The minimum Gasteiger partial charge on any atom is -0.759 e. The van der Waals surface area contributed by atoms with Crippen LogP contribution >= 0.6 is 0 Å². The minimum atomic E-state index is -5.17. The van der Waals surface area contributed by atoms with Crippen LogP contribution < -0.4 is 59.1 Å². The van der Waals surface area contributed by atoms with E-state index in [1.165, 1.54) is 6.20 Å². The van der Waals surface area contributed by atoms with Crippen molar-refractivity contribution in [2.75, 3.05) is 0 Å². The molecule has 1 heterocycles. The van der Waals surface area contributed by atoms with Gasteiger partial charge in [-0.3, -0.25) is 8.42 Å². The van der Waals surface area contributed by atoms with E-state index >= 15 is 0 Å². The van der Waals surface area contributed by atoms with Crippen molar-refractivity contribution in [2.24, 2.45) is 0 Å². The second-order valence-electron chi connectivity index (χ2n) is 3.84. The summed E-state index contributed by atoms with van der Waals surface area (Å²) in [7, 11) is -5.17. The summed E-state index contributed by atoms with van der Waals surface area (Å²) in [6.45, 7) is 5.44. The molecule has 0 aliphatic heterocycles. The predicted molar refractivity (Wildman–Crippen MR) is 54.3 cm³/mol. The van der Waals surface area contributed by atoms with Crippen LogP contribution in [0.4, 0.5) is 4.79 Å². The van der Waals surface area contributed by atoms with Gasteiger partial charge >= 0.3 is 65.2 Å². The molecule has 1 aromatic heterocycles. The van der Waals surface area contributed by atoms with Crippen LogP contribution in [-0.2, 0) is 15.1 Å². The number of rotatable bonds is 0. The van der Waals surface area contributed by atoms with E-state index in [4.69, 9.17) is 22.3 Å². The summed E-state index contributed by atoms with van der Waals surface area (Å²) in [6, 6.07) is 1.67. The largest absolute Gasteiger partial charge is 1.00 e. The quantitative estimate of drug-likeness (QED) is 0.266. The summed E-state index contributed by atoms with van der Waals surface area (Å²) in [5.74, 6) is 0. The summed E-state index contributed by atoms with van der Waals surface area (Å²) >= 11 is 0. The molecule has 19 heavy (non-hydrogen) atoms. The molecule has 1 rings (SSSR count). The van der Waals surface area contributed by atoms with Crippen LogP contribution in [0.15, 0.2) is 18.5 Å². The molecule has 0 saturated carbocycles. The van der Waals surface area contributed by atoms with Gasteiger partial charge in [0.1, 0.15) is 5.60 Å². The molecule has 0 aliphatic rings. The molecule has 0 radical (unpaired) electrons. The number of hydrogen-bond acceptors (Lipinski definition) is 7. The summed E-state index contributed by atoms with van der Waals surface area (Å²) in [4.78, 5) is 11.2. The van der Waals surface area contributed by atoms with Crippen LogP contribution in [0.2, 0.25) is 0 Å². The Morgan fingerprint density at radius 2 is 1.68 bits per heavy atom. The molecular formula is C8H12N2Na2O6S. The van der Waals surface area contributed by atoms with Gasteiger partial charge in [-0.05, 0) is 26.8 Å². The van der Waals surface area contributed by atoms with Crippen LogP contribution in [-0.4, -0.2) is 39.0 Å². The average molecular weight is 310 g/mol. The molecule has 0 atom stereocenters. The Bertz CT molecular complexity index is 446. The molecule has 0 saturated heterocycles. The van der Waals surface area contributed by atoms with Gasteiger partial charge in [-0.2, -0.15) is 9.78 Å². The van der Waals surface area contributed by atoms with Crippen molar-refractivity contribution in [3.8, 4) is 0 Å². The van der Waals surface area contributed by atoms with Crippen LogP contribution in [0.3, 0.4) is 0 Å². The second kappa shape index (κ2) is 10.3. The van der Waals surface area contributed by atoms with Gasteiger partial charge < -0.3 is 13.8 Å². The number of hydrogen-bond donors (Lipinski definition) is 0. The number of aromatic nitrogens is 2. The van der Waals surface area contributed by atoms with Gasteiger partial charge in [0, 0.05) is 22.8 Å². The van der Waals surface area contributed by atoms with E-state index in [9.17, 15) is 4.79 Å². The van der Waals surface area contributed by atoms with Crippen molar-refractivity contribution in [3.63, 3.8) is 0 Å². The molecule has 0 unspecified atom stereocenters. The van der Waals surface area contributed by atoms with Gasteiger partial charge in [-0.1, -0.05) is 0 Å². The van der Waals surface area contributed by atoms with E-state index < -0.39 is 22.1 Å². The number of ether oxygens (including phenoxy) is 1. The zero-order valence-electron chi connectivity index (χ0n) is 11.5. The normalized spacial score (nSPS) is 10.2. The third-order valence-electron chi connectivity index (χ3n) is 1.08. The topological polar surface area (TPSA) is 124 Å². The zero-order valence-corrected chi connectivity index (χ0v) is 16.3. The maximum absolute atomic E-state index is 11.2. The first-order valence-electron chi connectivity index (χ1n) is 4.39. The van der Waals surface area contributed by atoms with E-state index in [2.05, 4.69) is 5.10 Å². The molecular weight excluding hydrogens is 298 g/mol. The monoisotopic (exact) mass is 310 g/mol. The number of carbonyl (C=O) groups excluding carboxylic acids is 1. The minimum absolute atomic E-state index is 0. The van der Waals surface area contributed by atoms with Crippen molar-refractivity contribution in [1.29, 1.82) is 0 Å². The number of nitrogens with zero attached hydrogens (tertiary/aromatic N) is 2. The molecule has 8 nitrogen and oxygen atoms in total. The molecule has 11 heteroatoms.